The highest BCUT2D eigenvalue weighted by molar-refractivity contribution is 7.88. The van der Waals surface area contributed by atoms with E-state index in [0.29, 0.717) is 41.4 Å². The van der Waals surface area contributed by atoms with E-state index in [2.05, 4.69) is 20.1 Å². The Bertz CT molecular complexity index is 1650. The summed E-state index contributed by atoms with van der Waals surface area (Å²) in [6.45, 7) is 0.999. The minimum Gasteiger partial charge on any atom is -0.417 e. The summed E-state index contributed by atoms with van der Waals surface area (Å²) in [5.74, 6) is -2.97. The third kappa shape index (κ3) is 6.18. The van der Waals surface area contributed by atoms with Crippen LogP contribution in [0.25, 0.3) is 22.6 Å². The van der Waals surface area contributed by atoms with Gasteiger partial charge in [-0.3, -0.25) is 4.68 Å². The van der Waals surface area contributed by atoms with Crippen LogP contribution in [-0.2, 0) is 21.4 Å². The first-order valence-corrected chi connectivity index (χ1v) is 14.2. The Labute approximate surface area is 231 Å². The molecule has 0 radical (unpaired) electrons. The Kier molecular flexibility index (Phi) is 7.42. The van der Waals surface area contributed by atoms with Gasteiger partial charge in [0.15, 0.2) is 11.6 Å². The number of rotatable bonds is 7. The summed E-state index contributed by atoms with van der Waals surface area (Å²) >= 11 is 5.92. The van der Waals surface area contributed by atoms with Gasteiger partial charge in [-0.25, -0.2) is 27.5 Å². The molecule has 1 aliphatic heterocycles. The zero-order valence-electron chi connectivity index (χ0n) is 20.9. The molecule has 1 aromatic carbocycles. The minimum absolute atomic E-state index is 0.0720. The zero-order chi connectivity index (χ0) is 28.7. The van der Waals surface area contributed by atoms with Gasteiger partial charge in [0.05, 0.1) is 19.0 Å². The number of alkyl halides is 3. The first-order valence-electron chi connectivity index (χ1n) is 11.9. The van der Waals surface area contributed by atoms with E-state index in [1.54, 1.807) is 23.0 Å². The molecule has 15 heteroatoms. The number of nitrogens with one attached hydrogen (secondary N) is 1. The van der Waals surface area contributed by atoms with Crippen molar-refractivity contribution >= 4 is 27.6 Å². The van der Waals surface area contributed by atoms with Crippen LogP contribution in [0.3, 0.4) is 0 Å². The van der Waals surface area contributed by atoms with Crippen molar-refractivity contribution in [3.05, 3.63) is 71.4 Å². The molecule has 1 unspecified atom stereocenters. The molecule has 0 amide bonds. The van der Waals surface area contributed by atoms with E-state index in [1.165, 1.54) is 29.0 Å². The lowest BCUT2D eigenvalue weighted by Crippen LogP contribution is -2.28. The Balaban J connectivity index is 1.43. The van der Waals surface area contributed by atoms with Crippen LogP contribution in [0.4, 0.5) is 13.2 Å². The summed E-state index contributed by atoms with van der Waals surface area (Å²) in [6.07, 6.45) is 2.51. The number of aromatic nitrogens is 5. The van der Waals surface area contributed by atoms with Crippen LogP contribution in [0.2, 0.25) is 5.02 Å². The van der Waals surface area contributed by atoms with E-state index >= 15 is 0 Å². The molecule has 0 aliphatic carbocycles. The largest absolute Gasteiger partial charge is 0.491 e. The highest BCUT2D eigenvalue weighted by Gasteiger charge is 2.42. The summed E-state index contributed by atoms with van der Waals surface area (Å²) in [4.78, 5) is 23.2. The smallest absolute Gasteiger partial charge is 0.417 e. The van der Waals surface area contributed by atoms with Gasteiger partial charge in [0.1, 0.15) is 5.69 Å². The number of halogens is 4. The molecule has 1 fully saturated rings. The predicted molar refractivity (Wildman–Crippen MR) is 139 cm³/mol. The molecular weight excluding hydrogens is 573 g/mol. The second-order valence-electron chi connectivity index (χ2n) is 9.30. The normalized spacial score (nSPS) is 16.4. The Morgan fingerprint density at radius 3 is 2.58 bits per heavy atom. The number of carbonyl (C=O) groups excluding carboxylic acids is 1. The van der Waals surface area contributed by atoms with Crippen molar-refractivity contribution in [2.75, 3.05) is 19.3 Å². The van der Waals surface area contributed by atoms with E-state index in [9.17, 15) is 26.4 Å². The highest BCUT2D eigenvalue weighted by Crippen LogP contribution is 2.34. The van der Waals surface area contributed by atoms with Crippen LogP contribution >= 0.6 is 11.6 Å². The van der Waals surface area contributed by atoms with E-state index < -0.39 is 27.9 Å². The zero-order valence-corrected chi connectivity index (χ0v) is 22.5. The van der Waals surface area contributed by atoms with Crippen molar-refractivity contribution < 1.29 is 31.1 Å². The van der Waals surface area contributed by atoms with Crippen LogP contribution < -0.4 is 4.74 Å². The lowest BCUT2D eigenvalue weighted by atomic mass is 10.1. The lowest BCUT2D eigenvalue weighted by Gasteiger charge is -2.12. The molecule has 0 spiro atoms. The van der Waals surface area contributed by atoms with Gasteiger partial charge >= 0.3 is 12.1 Å². The van der Waals surface area contributed by atoms with Gasteiger partial charge in [0, 0.05) is 59.4 Å². The van der Waals surface area contributed by atoms with Crippen molar-refractivity contribution in [2.45, 2.75) is 25.1 Å². The number of esters is 1. The molecule has 4 aromatic rings. The summed E-state index contributed by atoms with van der Waals surface area (Å²) < 4.78 is 70.6. The number of hydrogen-bond acceptors (Lipinski definition) is 7. The van der Waals surface area contributed by atoms with Crippen LogP contribution in [0.1, 0.15) is 23.6 Å². The molecule has 0 saturated carbocycles. The maximum absolute atomic E-state index is 13.1. The van der Waals surface area contributed by atoms with E-state index in [4.69, 9.17) is 16.3 Å². The van der Waals surface area contributed by atoms with Crippen LogP contribution in [0.15, 0.2) is 55.1 Å². The predicted octanol–water partition coefficient (Wildman–Crippen LogP) is 4.25. The summed E-state index contributed by atoms with van der Waals surface area (Å²) in [6, 6.07) is 8.45. The van der Waals surface area contributed by atoms with Crippen molar-refractivity contribution in [1.82, 2.24) is 29.0 Å². The number of pyridine rings is 1. The summed E-state index contributed by atoms with van der Waals surface area (Å²) in [5.41, 5.74) is 2.30. The number of imidazole rings is 1. The van der Waals surface area contributed by atoms with E-state index in [-0.39, 0.29) is 24.0 Å². The van der Waals surface area contributed by atoms with Gasteiger partial charge in [0.25, 0.3) is 0 Å². The van der Waals surface area contributed by atoms with Crippen LogP contribution in [0, 0.1) is 0 Å². The highest BCUT2D eigenvalue weighted by atomic mass is 35.5. The van der Waals surface area contributed by atoms with Gasteiger partial charge in [-0.05, 0) is 30.2 Å². The molecule has 0 bridgehead atoms. The Hall–Kier alpha value is -3.75. The molecule has 4 heterocycles. The van der Waals surface area contributed by atoms with Gasteiger partial charge in [-0.1, -0.05) is 23.7 Å². The fourth-order valence-electron chi connectivity index (χ4n) is 4.34. The molecule has 210 valence electrons. The number of sulfonamides is 1. The molecule has 1 atom stereocenters. The molecule has 1 aliphatic rings. The van der Waals surface area contributed by atoms with Gasteiger partial charge < -0.3 is 9.72 Å². The maximum atomic E-state index is 13.1. The number of benzene rings is 1. The van der Waals surface area contributed by atoms with Crippen molar-refractivity contribution in [1.29, 1.82) is 0 Å². The number of H-pyrrole nitrogens is 1. The topological polar surface area (TPSA) is 123 Å². The molecule has 1 saturated heterocycles. The van der Waals surface area contributed by atoms with Gasteiger partial charge in [-0.2, -0.15) is 18.3 Å². The molecule has 5 rings (SSSR count). The van der Waals surface area contributed by atoms with Crippen LogP contribution in [0.5, 0.6) is 5.75 Å². The fourth-order valence-corrected chi connectivity index (χ4v) is 5.35. The fraction of sp³-hybridized carbons (Fsp3) is 0.280. The van der Waals surface area contributed by atoms with Crippen molar-refractivity contribution in [3.63, 3.8) is 0 Å². The third-order valence-electron chi connectivity index (χ3n) is 6.39. The van der Waals surface area contributed by atoms with E-state index in [1.807, 2.05) is 12.1 Å². The number of nitrogens with zero attached hydrogens (tertiary/aromatic N) is 5. The second kappa shape index (κ2) is 10.7. The summed E-state index contributed by atoms with van der Waals surface area (Å²) in [7, 11) is -3.36. The first-order chi connectivity index (χ1) is 18.9. The SMILES string of the molecule is CS(=O)(=O)N1CCC(c2cnc(-c3ncc(-c4cnn(Cc5ccc(Cl)cc5)c4)cc3OC(=O)C(F)(F)F)[nH]2)C1. The molecule has 40 heavy (non-hydrogen) atoms. The van der Waals surface area contributed by atoms with Crippen molar-refractivity contribution in [2.24, 2.45) is 0 Å². The maximum Gasteiger partial charge on any atom is 0.491 e. The Morgan fingerprint density at radius 1 is 1.15 bits per heavy atom. The third-order valence-corrected chi connectivity index (χ3v) is 7.91. The number of ether oxygens (including phenoxy) is 1. The van der Waals surface area contributed by atoms with E-state index in [0.717, 1.165) is 11.8 Å². The quantitative estimate of drug-likeness (QED) is 0.317. The molecule has 3 aromatic heterocycles. The minimum atomic E-state index is -5.23. The standard InChI is InChI=1S/C25H22ClF3N6O4S/c1-40(37,38)35-7-6-16(14-35)20-11-31-23(33-20)22-21(39-24(36)25(27,28)29)8-17(9-30-22)18-10-32-34(13-18)12-15-2-4-19(26)5-3-15/h2-5,8-11,13,16H,6-7,12,14H2,1H3,(H,31,33). The second-order valence-corrected chi connectivity index (χ2v) is 11.7. The number of carbonyl (C=O) groups is 1. The van der Waals surface area contributed by atoms with Gasteiger partial charge in [-0.15, -0.1) is 0 Å². The average Bonchev–Trinajstić information content (AvgIpc) is 3.65. The van der Waals surface area contributed by atoms with Crippen LogP contribution in [-0.4, -0.2) is 68.9 Å². The number of hydrogen-bond donors (Lipinski definition) is 1. The molecule has 10 nitrogen and oxygen atoms in total. The van der Waals surface area contributed by atoms with Crippen molar-refractivity contribution in [3.8, 4) is 28.4 Å². The Morgan fingerprint density at radius 2 is 1.90 bits per heavy atom. The van der Waals surface area contributed by atoms with Gasteiger partial charge in [0.2, 0.25) is 10.0 Å². The average molecular weight is 595 g/mol. The lowest BCUT2D eigenvalue weighted by molar-refractivity contribution is -0.189. The summed E-state index contributed by atoms with van der Waals surface area (Å²) in [5, 5.41) is 4.89. The molecule has 1 N–H and O–H groups in total. The number of aromatic amines is 1. The first kappa shape index (κ1) is 27.8. The monoisotopic (exact) mass is 594 g/mol. The molecular formula is C25H22ClF3N6O4S.